The van der Waals surface area contributed by atoms with Crippen LogP contribution in [0.25, 0.3) is 0 Å². The average molecular weight is 321 g/mol. The van der Waals surface area contributed by atoms with E-state index in [2.05, 4.69) is 11.3 Å². The van der Waals surface area contributed by atoms with Crippen LogP contribution in [0, 0.1) is 0 Å². The Morgan fingerprint density at radius 1 is 1.28 bits per heavy atom. The van der Waals surface area contributed by atoms with Crippen molar-refractivity contribution >= 4 is 37.7 Å². The molecule has 106 valence electrons. The SMILES string of the molecule is C=COC(=O)N(N(CCCl)S(C)(=O)=O)S(C)(=O)=O. The molecule has 0 spiro atoms. The van der Waals surface area contributed by atoms with E-state index >= 15 is 0 Å². The molecule has 0 aromatic carbocycles. The molecule has 11 heteroatoms. The van der Waals surface area contributed by atoms with Crippen molar-refractivity contribution in [2.75, 3.05) is 24.9 Å². The van der Waals surface area contributed by atoms with Crippen molar-refractivity contribution in [3.63, 3.8) is 0 Å². The molecule has 0 fully saturated rings. The summed E-state index contributed by atoms with van der Waals surface area (Å²) in [6.07, 6.45) is 0.660. The fraction of sp³-hybridized carbons (Fsp3) is 0.571. The van der Waals surface area contributed by atoms with Crippen LogP contribution in [0.4, 0.5) is 4.79 Å². The third kappa shape index (κ3) is 4.80. The van der Waals surface area contributed by atoms with E-state index in [9.17, 15) is 21.6 Å². The van der Waals surface area contributed by atoms with Gasteiger partial charge in [0.2, 0.25) is 10.0 Å². The van der Waals surface area contributed by atoms with E-state index in [-0.39, 0.29) is 10.3 Å². The smallest absolute Gasteiger partial charge is 0.417 e. The fourth-order valence-electron chi connectivity index (χ4n) is 0.972. The molecular formula is C7H13ClN2O6S2. The Kier molecular flexibility index (Phi) is 6.07. The maximum absolute atomic E-state index is 11.5. The molecular weight excluding hydrogens is 308 g/mol. The Labute approximate surface area is 111 Å². The summed E-state index contributed by atoms with van der Waals surface area (Å²) in [4.78, 5) is 11.5. The average Bonchev–Trinajstić information content (AvgIpc) is 2.13. The van der Waals surface area contributed by atoms with Crippen LogP contribution in [0.5, 0.6) is 0 Å². The lowest BCUT2D eigenvalue weighted by Gasteiger charge is -2.28. The Balaban J connectivity index is 5.68. The van der Waals surface area contributed by atoms with Crippen LogP contribution in [0.2, 0.25) is 0 Å². The molecule has 0 aromatic heterocycles. The Morgan fingerprint density at radius 2 is 1.78 bits per heavy atom. The number of hydrogen-bond acceptors (Lipinski definition) is 6. The first-order valence-corrected chi connectivity index (χ1v) is 8.64. The normalized spacial score (nSPS) is 12.2. The lowest BCUT2D eigenvalue weighted by atomic mass is 10.8. The van der Waals surface area contributed by atoms with Gasteiger partial charge in [-0.1, -0.05) is 11.0 Å². The largest absolute Gasteiger partial charge is 0.444 e. The molecule has 18 heavy (non-hydrogen) atoms. The van der Waals surface area contributed by atoms with Gasteiger partial charge in [0.1, 0.15) is 0 Å². The molecule has 0 N–H and O–H groups in total. The summed E-state index contributed by atoms with van der Waals surface area (Å²) >= 11 is 5.38. The lowest BCUT2D eigenvalue weighted by Crippen LogP contribution is -2.52. The molecule has 0 heterocycles. The second-order valence-electron chi connectivity index (χ2n) is 3.05. The van der Waals surface area contributed by atoms with Crippen LogP contribution >= 0.6 is 11.6 Å². The predicted octanol–water partition coefficient (Wildman–Crippen LogP) is -0.0565. The number of sulfonamides is 2. The molecule has 0 aliphatic rings. The molecule has 0 bridgehead atoms. The molecule has 8 nitrogen and oxygen atoms in total. The zero-order chi connectivity index (χ0) is 14.6. The van der Waals surface area contributed by atoms with Crippen LogP contribution in [0.1, 0.15) is 0 Å². The summed E-state index contributed by atoms with van der Waals surface area (Å²) in [7, 11) is -8.20. The van der Waals surface area contributed by atoms with Crippen LogP contribution in [-0.4, -0.2) is 56.7 Å². The van der Waals surface area contributed by atoms with E-state index in [1.165, 1.54) is 0 Å². The van der Waals surface area contributed by atoms with E-state index in [4.69, 9.17) is 11.6 Å². The summed E-state index contributed by atoms with van der Waals surface area (Å²) in [6.45, 7) is 2.67. The summed E-state index contributed by atoms with van der Waals surface area (Å²) in [6, 6.07) is 0. The monoisotopic (exact) mass is 320 g/mol. The summed E-state index contributed by atoms with van der Waals surface area (Å²) in [5.41, 5.74) is 0. The molecule has 0 atom stereocenters. The van der Waals surface area contributed by atoms with E-state index in [1.807, 2.05) is 0 Å². The van der Waals surface area contributed by atoms with Gasteiger partial charge in [-0.2, -0.15) is 0 Å². The highest BCUT2D eigenvalue weighted by Crippen LogP contribution is 2.12. The highest BCUT2D eigenvalue weighted by molar-refractivity contribution is 7.91. The van der Waals surface area contributed by atoms with Crippen molar-refractivity contribution in [1.82, 2.24) is 8.83 Å². The van der Waals surface area contributed by atoms with Gasteiger partial charge >= 0.3 is 6.09 Å². The van der Waals surface area contributed by atoms with E-state index < -0.39 is 32.7 Å². The first kappa shape index (κ1) is 17.2. The second kappa shape index (κ2) is 6.36. The zero-order valence-electron chi connectivity index (χ0n) is 9.74. The van der Waals surface area contributed by atoms with Crippen LogP contribution in [-0.2, 0) is 24.8 Å². The quantitative estimate of drug-likeness (QED) is 0.386. The molecule has 0 aliphatic heterocycles. The van der Waals surface area contributed by atoms with Crippen molar-refractivity contribution in [1.29, 1.82) is 0 Å². The van der Waals surface area contributed by atoms with Gasteiger partial charge in [0, 0.05) is 12.4 Å². The van der Waals surface area contributed by atoms with Gasteiger partial charge < -0.3 is 4.74 Å². The molecule has 0 rings (SSSR count). The standard InChI is InChI=1S/C7H13ClN2O6S2/c1-4-16-7(11)10(18(3,14)15)9(6-5-8)17(2,12)13/h4H,1,5-6H2,2-3H3. The molecule has 0 radical (unpaired) electrons. The molecule has 0 unspecified atom stereocenters. The minimum Gasteiger partial charge on any atom is -0.417 e. The number of ether oxygens (including phenoxy) is 1. The number of carbonyl (C=O) groups excluding carboxylic acids is 1. The van der Waals surface area contributed by atoms with Crippen LogP contribution in [0.15, 0.2) is 12.8 Å². The van der Waals surface area contributed by atoms with Crippen molar-refractivity contribution in [2.45, 2.75) is 0 Å². The Bertz CT molecular complexity index is 514. The number of nitrogens with zero attached hydrogens (tertiary/aromatic N) is 2. The number of amides is 1. The highest BCUT2D eigenvalue weighted by atomic mass is 35.5. The van der Waals surface area contributed by atoms with Crippen molar-refractivity contribution < 1.29 is 26.4 Å². The fourth-order valence-corrected chi connectivity index (χ4v) is 3.44. The molecule has 0 saturated carbocycles. The first-order chi connectivity index (χ1) is 8.05. The minimum absolute atomic E-state index is 0.0214. The number of halogens is 1. The third-order valence-electron chi connectivity index (χ3n) is 1.52. The Morgan fingerprint density at radius 3 is 2.06 bits per heavy atom. The van der Waals surface area contributed by atoms with Gasteiger partial charge in [-0.3, -0.25) is 0 Å². The molecule has 0 saturated heterocycles. The molecule has 0 aliphatic carbocycles. The maximum atomic E-state index is 11.5. The van der Waals surface area contributed by atoms with Gasteiger partial charge in [-0.25, -0.2) is 21.6 Å². The second-order valence-corrected chi connectivity index (χ2v) is 7.13. The number of hydrogen-bond donors (Lipinski definition) is 0. The zero-order valence-corrected chi connectivity index (χ0v) is 12.1. The van der Waals surface area contributed by atoms with E-state index in [1.54, 1.807) is 0 Å². The van der Waals surface area contributed by atoms with Gasteiger partial charge in [-0.05, 0) is 0 Å². The minimum atomic E-state index is -4.19. The maximum Gasteiger partial charge on any atom is 0.444 e. The highest BCUT2D eigenvalue weighted by Gasteiger charge is 2.36. The van der Waals surface area contributed by atoms with Gasteiger partial charge in [-0.15, -0.1) is 16.0 Å². The van der Waals surface area contributed by atoms with E-state index in [0.717, 1.165) is 6.26 Å². The third-order valence-corrected chi connectivity index (χ3v) is 3.87. The predicted molar refractivity (Wildman–Crippen MR) is 65.6 cm³/mol. The number of hydrazine groups is 1. The Hall–Kier alpha value is -0.840. The van der Waals surface area contributed by atoms with E-state index in [0.29, 0.717) is 16.9 Å². The topological polar surface area (TPSA) is 101 Å². The van der Waals surface area contributed by atoms with Crippen LogP contribution < -0.4 is 0 Å². The van der Waals surface area contributed by atoms with Gasteiger partial charge in [0.05, 0.1) is 18.8 Å². The molecule has 0 aromatic rings. The summed E-state index contributed by atoms with van der Waals surface area (Å²) in [5, 5.41) is 0. The van der Waals surface area contributed by atoms with Crippen molar-refractivity contribution in [3.05, 3.63) is 12.8 Å². The van der Waals surface area contributed by atoms with Gasteiger partial charge in [0.15, 0.2) is 0 Å². The van der Waals surface area contributed by atoms with Gasteiger partial charge in [0.25, 0.3) is 10.0 Å². The molecule has 1 amide bonds. The number of alkyl halides is 1. The number of rotatable bonds is 6. The first-order valence-electron chi connectivity index (χ1n) is 4.41. The number of carbonyl (C=O) groups is 1. The van der Waals surface area contributed by atoms with Crippen molar-refractivity contribution in [3.8, 4) is 0 Å². The summed E-state index contributed by atoms with van der Waals surface area (Å²) in [5.74, 6) is -0.208. The summed E-state index contributed by atoms with van der Waals surface area (Å²) < 4.78 is 50.4. The van der Waals surface area contributed by atoms with Crippen molar-refractivity contribution in [2.24, 2.45) is 0 Å². The van der Waals surface area contributed by atoms with Crippen LogP contribution in [0.3, 0.4) is 0 Å². The lowest BCUT2D eigenvalue weighted by molar-refractivity contribution is 0.113.